The first kappa shape index (κ1) is 15.9. The SMILES string of the molecule is CC(=O)Nc1cn2nc(-c3cn(C)nc3-c3ccc(F)cc3)ccc2n1. The largest absolute Gasteiger partial charge is 0.310 e. The fourth-order valence-electron chi connectivity index (χ4n) is 2.76. The smallest absolute Gasteiger partial charge is 0.222 e. The highest BCUT2D eigenvalue weighted by Gasteiger charge is 2.15. The van der Waals surface area contributed by atoms with Crippen LogP contribution in [0.25, 0.3) is 28.2 Å². The summed E-state index contributed by atoms with van der Waals surface area (Å²) in [6, 6.07) is 9.83. The molecular weight excluding hydrogens is 335 g/mol. The average Bonchev–Trinajstić information content (AvgIpc) is 3.17. The fraction of sp³-hybridized carbons (Fsp3) is 0.111. The predicted octanol–water partition coefficient (Wildman–Crippen LogP) is 2.89. The molecule has 130 valence electrons. The second-order valence-corrected chi connectivity index (χ2v) is 5.90. The number of aromatic nitrogens is 5. The number of rotatable bonds is 3. The van der Waals surface area contributed by atoms with Gasteiger partial charge in [0.25, 0.3) is 0 Å². The zero-order chi connectivity index (χ0) is 18.3. The molecule has 0 radical (unpaired) electrons. The maximum atomic E-state index is 13.2. The Balaban J connectivity index is 1.80. The van der Waals surface area contributed by atoms with Crippen molar-refractivity contribution in [2.45, 2.75) is 6.92 Å². The number of carbonyl (C=O) groups excluding carboxylic acids is 1. The van der Waals surface area contributed by atoms with Crippen molar-refractivity contribution < 1.29 is 9.18 Å². The van der Waals surface area contributed by atoms with Crippen LogP contribution in [0.2, 0.25) is 0 Å². The van der Waals surface area contributed by atoms with Crippen LogP contribution in [0.3, 0.4) is 0 Å². The minimum absolute atomic E-state index is 0.195. The Labute approximate surface area is 148 Å². The van der Waals surface area contributed by atoms with Crippen LogP contribution in [-0.2, 0) is 11.8 Å². The number of imidazole rings is 1. The Morgan fingerprint density at radius 3 is 2.58 bits per heavy atom. The van der Waals surface area contributed by atoms with Crippen LogP contribution in [0.4, 0.5) is 10.2 Å². The molecule has 26 heavy (non-hydrogen) atoms. The molecule has 7 nitrogen and oxygen atoms in total. The first-order valence-corrected chi connectivity index (χ1v) is 7.93. The van der Waals surface area contributed by atoms with E-state index in [4.69, 9.17) is 0 Å². The number of hydrogen-bond donors (Lipinski definition) is 1. The molecule has 8 heteroatoms. The number of anilines is 1. The third-order valence-corrected chi connectivity index (χ3v) is 3.85. The summed E-state index contributed by atoms with van der Waals surface area (Å²) in [6.45, 7) is 1.42. The van der Waals surface area contributed by atoms with Crippen LogP contribution in [0, 0.1) is 5.82 Å². The monoisotopic (exact) mass is 350 g/mol. The van der Waals surface area contributed by atoms with E-state index in [0.29, 0.717) is 22.9 Å². The van der Waals surface area contributed by atoms with Crippen LogP contribution >= 0.6 is 0 Å². The Morgan fingerprint density at radius 2 is 1.85 bits per heavy atom. The van der Waals surface area contributed by atoms with E-state index in [1.807, 2.05) is 25.4 Å². The molecule has 1 N–H and O–H groups in total. The summed E-state index contributed by atoms with van der Waals surface area (Å²) in [5.41, 5.74) is 3.63. The van der Waals surface area contributed by atoms with Crippen LogP contribution in [0.1, 0.15) is 6.92 Å². The lowest BCUT2D eigenvalue weighted by molar-refractivity contribution is -0.114. The van der Waals surface area contributed by atoms with E-state index in [1.54, 1.807) is 27.5 Å². The van der Waals surface area contributed by atoms with E-state index < -0.39 is 0 Å². The molecule has 3 aromatic heterocycles. The van der Waals surface area contributed by atoms with Gasteiger partial charge in [0.05, 0.1) is 11.9 Å². The number of fused-ring (bicyclic) bond motifs is 1. The number of benzene rings is 1. The fourth-order valence-corrected chi connectivity index (χ4v) is 2.76. The number of nitrogens with one attached hydrogen (secondary N) is 1. The number of amides is 1. The van der Waals surface area contributed by atoms with E-state index in [0.717, 1.165) is 11.1 Å². The van der Waals surface area contributed by atoms with Gasteiger partial charge < -0.3 is 5.32 Å². The first-order chi connectivity index (χ1) is 12.5. The number of halogens is 1. The first-order valence-electron chi connectivity index (χ1n) is 7.93. The number of carbonyl (C=O) groups is 1. The highest BCUT2D eigenvalue weighted by molar-refractivity contribution is 5.88. The van der Waals surface area contributed by atoms with Gasteiger partial charge in [-0.2, -0.15) is 10.2 Å². The van der Waals surface area contributed by atoms with Crippen LogP contribution in [0.5, 0.6) is 0 Å². The number of hydrogen-bond acceptors (Lipinski definition) is 4. The highest BCUT2D eigenvalue weighted by atomic mass is 19.1. The predicted molar refractivity (Wildman–Crippen MR) is 94.9 cm³/mol. The number of aryl methyl sites for hydroxylation is 1. The maximum Gasteiger partial charge on any atom is 0.222 e. The van der Waals surface area contributed by atoms with Gasteiger partial charge in [-0.1, -0.05) is 0 Å². The van der Waals surface area contributed by atoms with Crippen LogP contribution < -0.4 is 5.32 Å². The zero-order valence-corrected chi connectivity index (χ0v) is 14.1. The van der Waals surface area contributed by atoms with Gasteiger partial charge >= 0.3 is 0 Å². The van der Waals surface area contributed by atoms with Crippen molar-refractivity contribution >= 4 is 17.4 Å². The Bertz CT molecular complexity index is 1110. The average molecular weight is 350 g/mol. The van der Waals surface area contributed by atoms with E-state index in [-0.39, 0.29) is 11.7 Å². The van der Waals surface area contributed by atoms with Gasteiger partial charge in [0, 0.05) is 31.3 Å². The normalized spacial score (nSPS) is 11.0. The lowest BCUT2D eigenvalue weighted by Gasteiger charge is -2.03. The topological polar surface area (TPSA) is 77.1 Å². The molecule has 0 spiro atoms. The summed E-state index contributed by atoms with van der Waals surface area (Å²) in [5, 5.41) is 11.7. The molecule has 0 saturated carbocycles. The van der Waals surface area contributed by atoms with Crippen LogP contribution in [0.15, 0.2) is 48.8 Å². The Hall–Kier alpha value is -3.55. The highest BCUT2D eigenvalue weighted by Crippen LogP contribution is 2.30. The van der Waals surface area contributed by atoms with Crippen molar-refractivity contribution in [2.75, 3.05) is 5.32 Å². The lowest BCUT2D eigenvalue weighted by atomic mass is 10.1. The Morgan fingerprint density at radius 1 is 1.08 bits per heavy atom. The van der Waals surface area contributed by atoms with Gasteiger partial charge in [-0.15, -0.1) is 0 Å². The third kappa shape index (κ3) is 2.92. The number of nitrogens with zero attached hydrogens (tertiary/aromatic N) is 5. The molecule has 0 unspecified atom stereocenters. The minimum atomic E-state index is -0.297. The molecule has 4 aromatic rings. The standard InChI is InChI=1S/C18H15FN6O/c1-11(26)20-16-10-25-17(21-16)8-7-15(22-25)14-9-24(2)23-18(14)12-3-5-13(19)6-4-12/h3-10H,1-2H3,(H,20,26). The molecule has 0 aliphatic heterocycles. The Kier molecular flexibility index (Phi) is 3.72. The lowest BCUT2D eigenvalue weighted by Crippen LogP contribution is -2.05. The van der Waals surface area contributed by atoms with Crippen molar-refractivity contribution in [1.29, 1.82) is 0 Å². The summed E-state index contributed by atoms with van der Waals surface area (Å²) in [6.07, 6.45) is 3.51. The molecular formula is C18H15FN6O. The molecule has 0 aliphatic rings. The molecule has 0 bridgehead atoms. The van der Waals surface area contributed by atoms with E-state index in [9.17, 15) is 9.18 Å². The van der Waals surface area contributed by atoms with Crippen molar-refractivity contribution in [2.24, 2.45) is 7.05 Å². The summed E-state index contributed by atoms with van der Waals surface area (Å²) >= 11 is 0. The second-order valence-electron chi connectivity index (χ2n) is 5.90. The van der Waals surface area contributed by atoms with Gasteiger partial charge in [0.1, 0.15) is 11.5 Å². The maximum absolute atomic E-state index is 13.2. The molecule has 4 rings (SSSR count). The van der Waals surface area contributed by atoms with Gasteiger partial charge in [-0.25, -0.2) is 13.9 Å². The van der Waals surface area contributed by atoms with Gasteiger partial charge in [0.2, 0.25) is 5.91 Å². The van der Waals surface area contributed by atoms with E-state index >= 15 is 0 Å². The zero-order valence-electron chi connectivity index (χ0n) is 14.1. The van der Waals surface area contributed by atoms with Gasteiger partial charge in [-0.3, -0.25) is 9.48 Å². The summed E-state index contributed by atoms with van der Waals surface area (Å²) in [5.74, 6) is -0.0544. The summed E-state index contributed by atoms with van der Waals surface area (Å²) < 4.78 is 16.5. The van der Waals surface area contributed by atoms with Crippen molar-refractivity contribution in [3.05, 3.63) is 54.6 Å². The van der Waals surface area contributed by atoms with E-state index in [2.05, 4.69) is 20.5 Å². The van der Waals surface area contributed by atoms with Crippen molar-refractivity contribution in [1.82, 2.24) is 24.4 Å². The third-order valence-electron chi connectivity index (χ3n) is 3.85. The molecule has 0 aliphatic carbocycles. The van der Waals surface area contributed by atoms with Gasteiger partial charge in [0.15, 0.2) is 11.5 Å². The molecule has 1 aromatic carbocycles. The molecule has 1 amide bonds. The quantitative estimate of drug-likeness (QED) is 0.616. The van der Waals surface area contributed by atoms with Crippen molar-refractivity contribution in [3.8, 4) is 22.5 Å². The molecule has 3 heterocycles. The molecule has 0 saturated heterocycles. The van der Waals surface area contributed by atoms with E-state index in [1.165, 1.54) is 19.1 Å². The summed E-state index contributed by atoms with van der Waals surface area (Å²) in [7, 11) is 1.82. The van der Waals surface area contributed by atoms with Crippen LogP contribution in [-0.4, -0.2) is 30.3 Å². The van der Waals surface area contributed by atoms with Gasteiger partial charge in [-0.05, 0) is 36.4 Å². The summed E-state index contributed by atoms with van der Waals surface area (Å²) in [4.78, 5) is 15.5. The molecule has 0 atom stereocenters. The minimum Gasteiger partial charge on any atom is -0.310 e. The molecule has 0 fully saturated rings. The second kappa shape index (κ2) is 6.07. The van der Waals surface area contributed by atoms with Crippen molar-refractivity contribution in [3.63, 3.8) is 0 Å².